The zero-order valence-corrected chi connectivity index (χ0v) is 22.8. The molecule has 0 aromatic heterocycles. The average Bonchev–Trinajstić information content (AvgIpc) is 2.85. The molecule has 0 bridgehead atoms. The SMILES string of the molecule is COc1ccc([125I])cc1CC(=O)N[C@H](C(=O)NC(CC(=O)O)C(=O)COC(=O)c1ccccc1)C(C)C. The molecule has 0 aliphatic heterocycles. The number of carbonyl (C=O) groups is 5. The van der Waals surface area contributed by atoms with Gasteiger partial charge in [0.05, 0.1) is 25.5 Å². The molecule has 0 saturated carbocycles. The van der Waals surface area contributed by atoms with E-state index in [0.717, 1.165) is 3.57 Å². The fourth-order valence-corrected chi connectivity index (χ4v) is 3.95. The van der Waals surface area contributed by atoms with Crippen LogP contribution in [0.4, 0.5) is 0 Å². The Labute approximate surface area is 228 Å². The number of ketones is 1. The fourth-order valence-electron chi connectivity index (χ4n) is 3.39. The summed E-state index contributed by atoms with van der Waals surface area (Å²) in [6, 6.07) is 10.8. The van der Waals surface area contributed by atoms with Gasteiger partial charge >= 0.3 is 11.9 Å². The molecular formula is C26H29IN2O8. The van der Waals surface area contributed by atoms with Crippen molar-refractivity contribution >= 4 is 52.1 Å². The first-order valence-corrected chi connectivity index (χ1v) is 12.5. The van der Waals surface area contributed by atoms with E-state index in [1.165, 1.54) is 19.2 Å². The highest BCUT2D eigenvalue weighted by atomic mass is 125. The van der Waals surface area contributed by atoms with E-state index in [0.29, 0.717) is 11.3 Å². The highest BCUT2D eigenvalue weighted by Crippen LogP contribution is 2.21. The third-order valence-electron chi connectivity index (χ3n) is 5.30. The van der Waals surface area contributed by atoms with E-state index < -0.39 is 54.6 Å². The number of esters is 1. The maximum Gasteiger partial charge on any atom is 0.338 e. The van der Waals surface area contributed by atoms with E-state index in [-0.39, 0.29) is 17.9 Å². The fraction of sp³-hybridized carbons (Fsp3) is 0.346. The van der Waals surface area contributed by atoms with Crippen LogP contribution < -0.4 is 15.4 Å². The third-order valence-corrected chi connectivity index (χ3v) is 5.97. The quantitative estimate of drug-likeness (QED) is 0.228. The molecule has 11 heteroatoms. The number of carboxylic acid groups (broad SMARTS) is 1. The standard InChI is InChI=1S/C26H29IN2O8/c1-15(2)24(29-22(31)12-17-11-18(27)9-10-21(17)36-3)25(34)28-19(13-23(32)33)20(30)14-37-26(35)16-7-5-4-6-8-16/h4-11,15,19,24H,12-14H2,1-3H3,(H,28,34)(H,29,31)(H,32,33)/t19?,24-/m0/s1/i27-2. The summed E-state index contributed by atoms with van der Waals surface area (Å²) in [6.07, 6.45) is -0.769. The minimum absolute atomic E-state index is 0.0521. The van der Waals surface area contributed by atoms with E-state index in [4.69, 9.17) is 9.47 Å². The number of benzene rings is 2. The average molecular weight is 622 g/mol. The number of carbonyl (C=O) groups excluding carboxylic acids is 4. The molecule has 0 aliphatic rings. The molecule has 10 nitrogen and oxygen atoms in total. The highest BCUT2D eigenvalue weighted by Gasteiger charge is 2.30. The van der Waals surface area contributed by atoms with Crippen LogP contribution in [0.5, 0.6) is 5.75 Å². The van der Waals surface area contributed by atoms with Gasteiger partial charge in [0.15, 0.2) is 12.4 Å². The molecule has 2 aromatic rings. The zero-order chi connectivity index (χ0) is 27.5. The van der Waals surface area contributed by atoms with E-state index in [9.17, 15) is 29.1 Å². The molecule has 3 N–H and O–H groups in total. The molecule has 0 saturated heterocycles. The Kier molecular flexibility index (Phi) is 11.5. The third kappa shape index (κ3) is 9.48. The number of carboxylic acids is 1. The van der Waals surface area contributed by atoms with Gasteiger partial charge in [0.2, 0.25) is 11.8 Å². The van der Waals surface area contributed by atoms with Crippen LogP contribution in [0.2, 0.25) is 0 Å². The molecule has 2 aromatic carbocycles. The van der Waals surface area contributed by atoms with Gasteiger partial charge in [-0.1, -0.05) is 32.0 Å². The number of amides is 2. The van der Waals surface area contributed by atoms with Crippen molar-refractivity contribution in [1.82, 2.24) is 10.6 Å². The summed E-state index contributed by atoms with van der Waals surface area (Å²) in [4.78, 5) is 61.9. The Morgan fingerprint density at radius 2 is 1.68 bits per heavy atom. The Morgan fingerprint density at radius 3 is 2.27 bits per heavy atom. The summed E-state index contributed by atoms with van der Waals surface area (Å²) in [5.74, 6) is -3.91. The van der Waals surface area contributed by atoms with Crippen molar-refractivity contribution in [3.63, 3.8) is 0 Å². The second-order valence-electron chi connectivity index (χ2n) is 8.49. The van der Waals surface area contributed by atoms with Crippen LogP contribution in [0.1, 0.15) is 36.2 Å². The molecule has 0 aliphatic carbocycles. The minimum Gasteiger partial charge on any atom is -0.496 e. The van der Waals surface area contributed by atoms with Crippen LogP contribution in [-0.4, -0.2) is 60.4 Å². The Bertz CT molecular complexity index is 1140. The smallest absolute Gasteiger partial charge is 0.338 e. The van der Waals surface area contributed by atoms with E-state index in [1.807, 2.05) is 6.07 Å². The molecule has 2 rings (SSSR count). The lowest BCUT2D eigenvalue weighted by molar-refractivity contribution is -0.141. The predicted octanol–water partition coefficient (Wildman–Crippen LogP) is 2.37. The first-order chi connectivity index (χ1) is 17.5. The Hall–Kier alpha value is -3.48. The van der Waals surface area contributed by atoms with Gasteiger partial charge in [-0.3, -0.25) is 19.2 Å². The molecular weight excluding hydrogens is 593 g/mol. The van der Waals surface area contributed by atoms with Gasteiger partial charge in [-0.15, -0.1) is 0 Å². The summed E-state index contributed by atoms with van der Waals surface area (Å²) in [6.45, 7) is 2.68. The van der Waals surface area contributed by atoms with Crippen molar-refractivity contribution in [2.75, 3.05) is 13.7 Å². The second-order valence-corrected chi connectivity index (χ2v) is 9.74. The first-order valence-electron chi connectivity index (χ1n) is 11.4. The lowest BCUT2D eigenvalue weighted by Crippen LogP contribution is -2.54. The summed E-state index contributed by atoms with van der Waals surface area (Å²) in [7, 11) is 1.49. The molecule has 2 amide bonds. The lowest BCUT2D eigenvalue weighted by atomic mass is 10.0. The van der Waals surface area contributed by atoms with Gasteiger partial charge in [0.1, 0.15) is 17.8 Å². The van der Waals surface area contributed by atoms with Crippen molar-refractivity contribution in [3.8, 4) is 5.75 Å². The number of hydrogen-bond acceptors (Lipinski definition) is 7. The molecule has 1 unspecified atom stereocenters. The molecule has 0 spiro atoms. The highest BCUT2D eigenvalue weighted by molar-refractivity contribution is 14.1. The summed E-state index contributed by atoms with van der Waals surface area (Å²) < 4.78 is 11.2. The van der Waals surface area contributed by atoms with Gasteiger partial charge in [-0.05, 0) is 58.8 Å². The van der Waals surface area contributed by atoms with Crippen LogP contribution in [-0.2, 0) is 30.3 Å². The number of methoxy groups -OCH3 is 1. The van der Waals surface area contributed by atoms with Crippen LogP contribution >= 0.6 is 22.6 Å². The van der Waals surface area contributed by atoms with Crippen molar-refractivity contribution in [1.29, 1.82) is 0 Å². The van der Waals surface area contributed by atoms with Crippen molar-refractivity contribution in [3.05, 3.63) is 63.2 Å². The van der Waals surface area contributed by atoms with Gasteiger partial charge in [-0.25, -0.2) is 4.79 Å². The first kappa shape index (κ1) is 29.7. The number of aliphatic carboxylic acids is 1. The number of Topliss-reactive ketones (excluding diaryl/α,β-unsaturated/α-hetero) is 1. The second kappa shape index (κ2) is 14.3. The predicted molar refractivity (Wildman–Crippen MR) is 142 cm³/mol. The summed E-state index contributed by atoms with van der Waals surface area (Å²) in [5.41, 5.74) is 0.857. The van der Waals surface area contributed by atoms with Crippen LogP contribution in [0, 0.1) is 9.49 Å². The molecule has 0 heterocycles. The number of halogens is 1. The number of nitrogens with one attached hydrogen (secondary N) is 2. The largest absolute Gasteiger partial charge is 0.496 e. The molecule has 0 radical (unpaired) electrons. The summed E-state index contributed by atoms with van der Waals surface area (Å²) >= 11 is 2.11. The monoisotopic (exact) mass is 622 g/mol. The van der Waals surface area contributed by atoms with E-state index in [1.54, 1.807) is 44.2 Å². The van der Waals surface area contributed by atoms with Crippen LogP contribution in [0.25, 0.3) is 0 Å². The minimum atomic E-state index is -1.46. The van der Waals surface area contributed by atoms with Gasteiger partial charge in [-0.2, -0.15) is 0 Å². The van der Waals surface area contributed by atoms with Crippen molar-refractivity contribution < 1.29 is 38.6 Å². The lowest BCUT2D eigenvalue weighted by Gasteiger charge is -2.24. The van der Waals surface area contributed by atoms with Gasteiger partial charge in [0, 0.05) is 9.13 Å². The van der Waals surface area contributed by atoms with E-state index in [2.05, 4.69) is 33.2 Å². The number of ether oxygens (including phenoxy) is 2. The molecule has 37 heavy (non-hydrogen) atoms. The normalized spacial score (nSPS) is 12.2. The van der Waals surface area contributed by atoms with Crippen molar-refractivity contribution in [2.45, 2.75) is 38.8 Å². The van der Waals surface area contributed by atoms with E-state index >= 15 is 0 Å². The number of hydrogen-bond donors (Lipinski definition) is 3. The Balaban J connectivity index is 2.06. The van der Waals surface area contributed by atoms with Gasteiger partial charge in [0.25, 0.3) is 0 Å². The number of rotatable bonds is 13. The summed E-state index contributed by atoms with van der Waals surface area (Å²) in [5, 5.41) is 14.3. The van der Waals surface area contributed by atoms with Crippen molar-refractivity contribution in [2.24, 2.45) is 5.92 Å². The molecule has 0 fully saturated rings. The van der Waals surface area contributed by atoms with Crippen LogP contribution in [0.15, 0.2) is 48.5 Å². The maximum atomic E-state index is 13.0. The van der Waals surface area contributed by atoms with Gasteiger partial charge < -0.3 is 25.2 Å². The topological polar surface area (TPSA) is 148 Å². The molecule has 198 valence electrons. The Morgan fingerprint density at radius 1 is 1.00 bits per heavy atom. The molecule has 2 atom stereocenters. The maximum absolute atomic E-state index is 13.0. The zero-order valence-electron chi connectivity index (χ0n) is 20.7. The van der Waals surface area contributed by atoms with Crippen LogP contribution in [0.3, 0.4) is 0 Å².